The highest BCUT2D eigenvalue weighted by molar-refractivity contribution is 7.99. The smallest absolute Gasteiger partial charge is 0.232 e. The van der Waals surface area contributed by atoms with Crippen LogP contribution in [0.1, 0.15) is 5.56 Å². The summed E-state index contributed by atoms with van der Waals surface area (Å²) in [5, 5.41) is 1.12. The molecule has 2 aromatic carbocycles. The molecule has 1 aliphatic heterocycles. The Morgan fingerprint density at radius 1 is 0.960 bits per heavy atom. The Bertz CT molecular complexity index is 719. The number of hydrogen-bond acceptors (Lipinski definition) is 3. The Kier molecular flexibility index (Phi) is 6.51. The van der Waals surface area contributed by atoms with Crippen LogP contribution in [0, 0.1) is 0 Å². The third-order valence-corrected chi connectivity index (χ3v) is 5.96. The minimum Gasteiger partial charge on any atom is -0.368 e. The van der Waals surface area contributed by atoms with Gasteiger partial charge in [-0.25, -0.2) is 0 Å². The predicted molar refractivity (Wildman–Crippen MR) is 108 cm³/mol. The lowest BCUT2D eigenvalue weighted by molar-refractivity contribution is -0.128. The first-order valence-corrected chi connectivity index (χ1v) is 10.1. The first-order chi connectivity index (χ1) is 12.1. The summed E-state index contributed by atoms with van der Waals surface area (Å²) in [6, 6.07) is 16.0. The number of rotatable bonds is 5. The molecule has 0 N–H and O–H groups in total. The van der Waals surface area contributed by atoms with Gasteiger partial charge in [-0.2, -0.15) is 0 Å². The van der Waals surface area contributed by atoms with Crippen molar-refractivity contribution < 1.29 is 4.79 Å². The van der Waals surface area contributed by atoms with Crippen molar-refractivity contribution in [3.63, 3.8) is 0 Å². The molecule has 25 heavy (non-hydrogen) atoms. The van der Waals surface area contributed by atoms with Gasteiger partial charge in [0.25, 0.3) is 0 Å². The van der Waals surface area contributed by atoms with Crippen molar-refractivity contribution in [1.29, 1.82) is 0 Å². The second-order valence-electron chi connectivity index (χ2n) is 5.94. The molecule has 1 amide bonds. The summed E-state index contributed by atoms with van der Waals surface area (Å²) in [6.07, 6.45) is 0. The lowest BCUT2D eigenvalue weighted by Crippen LogP contribution is -2.49. The molecule has 0 unspecified atom stereocenters. The highest BCUT2D eigenvalue weighted by atomic mass is 35.5. The molecule has 3 nitrogen and oxygen atoms in total. The van der Waals surface area contributed by atoms with E-state index in [2.05, 4.69) is 17.0 Å². The normalized spacial score (nSPS) is 14.6. The van der Waals surface area contributed by atoms with Crippen molar-refractivity contribution >= 4 is 46.6 Å². The van der Waals surface area contributed by atoms with E-state index < -0.39 is 0 Å². The van der Waals surface area contributed by atoms with E-state index in [1.165, 1.54) is 5.69 Å². The van der Waals surface area contributed by atoms with Crippen LogP contribution in [0.4, 0.5) is 5.69 Å². The van der Waals surface area contributed by atoms with Gasteiger partial charge >= 0.3 is 0 Å². The number of halogens is 2. The fourth-order valence-corrected chi connectivity index (χ4v) is 4.02. The monoisotopic (exact) mass is 394 g/mol. The van der Waals surface area contributed by atoms with Crippen LogP contribution in [0.5, 0.6) is 0 Å². The maximum absolute atomic E-state index is 12.4. The Morgan fingerprint density at radius 2 is 1.68 bits per heavy atom. The van der Waals surface area contributed by atoms with Gasteiger partial charge in [-0.15, -0.1) is 11.8 Å². The zero-order valence-corrected chi connectivity index (χ0v) is 16.2. The lowest BCUT2D eigenvalue weighted by Gasteiger charge is -2.36. The predicted octanol–water partition coefficient (Wildman–Crippen LogP) is 4.58. The molecule has 0 spiro atoms. The second-order valence-corrected chi connectivity index (χ2v) is 7.74. The fraction of sp³-hybridized carbons (Fsp3) is 0.316. The van der Waals surface area contributed by atoms with Crippen molar-refractivity contribution in [2.75, 3.05) is 36.8 Å². The Labute approximate surface area is 162 Å². The number of nitrogens with zero attached hydrogens (tertiary/aromatic N) is 2. The molecule has 0 aromatic heterocycles. The standard InChI is InChI=1S/C19H20Cl2N2OS/c20-17-7-6-15(12-18(17)21)13-25-14-19(24)23-10-8-22(9-11-23)16-4-2-1-3-5-16/h1-7,12H,8-11,13-14H2. The summed E-state index contributed by atoms with van der Waals surface area (Å²) in [7, 11) is 0. The average Bonchev–Trinajstić information content (AvgIpc) is 2.65. The van der Waals surface area contributed by atoms with Gasteiger partial charge in [0.2, 0.25) is 5.91 Å². The molecule has 0 radical (unpaired) electrons. The SMILES string of the molecule is O=C(CSCc1ccc(Cl)c(Cl)c1)N1CCN(c2ccccc2)CC1. The highest BCUT2D eigenvalue weighted by Gasteiger charge is 2.20. The fourth-order valence-electron chi connectivity index (χ4n) is 2.83. The quantitative estimate of drug-likeness (QED) is 0.741. The molecular weight excluding hydrogens is 375 g/mol. The van der Waals surface area contributed by atoms with E-state index in [9.17, 15) is 4.79 Å². The van der Waals surface area contributed by atoms with Crippen LogP contribution >= 0.6 is 35.0 Å². The maximum atomic E-state index is 12.4. The summed E-state index contributed by atoms with van der Waals surface area (Å²) in [4.78, 5) is 16.7. The van der Waals surface area contributed by atoms with Crippen LogP contribution in [0.3, 0.4) is 0 Å². The Balaban J connectivity index is 1.43. The molecule has 0 atom stereocenters. The molecule has 1 saturated heterocycles. The molecule has 1 aliphatic rings. The van der Waals surface area contributed by atoms with Crippen LogP contribution in [0.25, 0.3) is 0 Å². The topological polar surface area (TPSA) is 23.6 Å². The average molecular weight is 395 g/mol. The molecule has 3 rings (SSSR count). The van der Waals surface area contributed by atoms with E-state index >= 15 is 0 Å². The van der Waals surface area contributed by atoms with Crippen molar-refractivity contribution in [1.82, 2.24) is 4.90 Å². The number of amides is 1. The molecule has 2 aromatic rings. The van der Waals surface area contributed by atoms with Gasteiger partial charge in [-0.3, -0.25) is 4.79 Å². The van der Waals surface area contributed by atoms with Gasteiger partial charge in [0, 0.05) is 37.6 Å². The number of para-hydroxylation sites is 1. The molecule has 0 saturated carbocycles. The number of piperazine rings is 1. The highest BCUT2D eigenvalue weighted by Crippen LogP contribution is 2.25. The summed E-state index contributed by atoms with van der Waals surface area (Å²) >= 11 is 13.6. The van der Waals surface area contributed by atoms with Gasteiger partial charge in [0.05, 0.1) is 15.8 Å². The van der Waals surface area contributed by atoms with Crippen molar-refractivity contribution in [3.05, 3.63) is 64.1 Å². The first kappa shape index (κ1) is 18.4. The van der Waals surface area contributed by atoms with Crippen LogP contribution < -0.4 is 4.90 Å². The van der Waals surface area contributed by atoms with E-state index in [1.54, 1.807) is 17.8 Å². The zero-order valence-electron chi connectivity index (χ0n) is 13.8. The first-order valence-electron chi connectivity index (χ1n) is 8.23. The van der Waals surface area contributed by atoms with E-state index in [-0.39, 0.29) is 5.91 Å². The molecular formula is C19H20Cl2N2OS. The van der Waals surface area contributed by atoms with Gasteiger partial charge in [-0.05, 0) is 29.8 Å². The Hall–Kier alpha value is -1.36. The molecule has 0 aliphatic carbocycles. The van der Waals surface area contributed by atoms with Gasteiger partial charge in [0.15, 0.2) is 0 Å². The summed E-state index contributed by atoms with van der Waals surface area (Å²) in [5.41, 5.74) is 2.31. The largest absolute Gasteiger partial charge is 0.368 e. The number of anilines is 1. The number of carbonyl (C=O) groups excluding carboxylic acids is 1. The van der Waals surface area contributed by atoms with Gasteiger partial charge in [-0.1, -0.05) is 47.5 Å². The second kappa shape index (κ2) is 8.84. The van der Waals surface area contributed by atoms with E-state index in [0.29, 0.717) is 15.8 Å². The summed E-state index contributed by atoms with van der Waals surface area (Å²) in [6.45, 7) is 3.32. The van der Waals surface area contributed by atoms with E-state index in [4.69, 9.17) is 23.2 Å². The van der Waals surface area contributed by atoms with Crippen LogP contribution in [-0.2, 0) is 10.5 Å². The summed E-state index contributed by atoms with van der Waals surface area (Å²) in [5.74, 6) is 1.45. The van der Waals surface area contributed by atoms with Gasteiger partial charge < -0.3 is 9.80 Å². The zero-order chi connectivity index (χ0) is 17.6. The number of carbonyl (C=O) groups is 1. The van der Waals surface area contributed by atoms with Gasteiger partial charge in [0.1, 0.15) is 0 Å². The number of hydrogen-bond donors (Lipinski definition) is 0. The third kappa shape index (κ3) is 5.06. The molecule has 0 bridgehead atoms. The summed E-state index contributed by atoms with van der Waals surface area (Å²) < 4.78 is 0. The maximum Gasteiger partial charge on any atom is 0.232 e. The minimum absolute atomic E-state index is 0.206. The number of thioether (sulfide) groups is 1. The van der Waals surface area contributed by atoms with Crippen molar-refractivity contribution in [2.24, 2.45) is 0 Å². The lowest BCUT2D eigenvalue weighted by atomic mass is 10.2. The van der Waals surface area contributed by atoms with E-state index in [0.717, 1.165) is 37.5 Å². The number of benzene rings is 2. The van der Waals surface area contributed by atoms with E-state index in [1.807, 2.05) is 35.2 Å². The van der Waals surface area contributed by atoms with Crippen LogP contribution in [-0.4, -0.2) is 42.7 Å². The molecule has 1 fully saturated rings. The molecule has 6 heteroatoms. The third-order valence-electron chi connectivity index (χ3n) is 4.23. The Morgan fingerprint density at radius 3 is 2.36 bits per heavy atom. The van der Waals surface area contributed by atoms with Crippen LogP contribution in [0.15, 0.2) is 48.5 Å². The van der Waals surface area contributed by atoms with Crippen molar-refractivity contribution in [3.8, 4) is 0 Å². The van der Waals surface area contributed by atoms with Crippen molar-refractivity contribution in [2.45, 2.75) is 5.75 Å². The minimum atomic E-state index is 0.206. The van der Waals surface area contributed by atoms with Crippen LogP contribution in [0.2, 0.25) is 10.0 Å². The molecule has 1 heterocycles. The molecule has 132 valence electrons.